The highest BCUT2D eigenvalue weighted by Crippen LogP contribution is 2.25. The van der Waals surface area contributed by atoms with E-state index in [0.29, 0.717) is 31.4 Å². The van der Waals surface area contributed by atoms with E-state index in [0.717, 1.165) is 58.0 Å². The molecule has 0 aromatic rings. The summed E-state index contributed by atoms with van der Waals surface area (Å²) < 4.78 is 20.2. The van der Waals surface area contributed by atoms with E-state index in [4.69, 9.17) is 19.0 Å². The third-order valence-corrected chi connectivity index (χ3v) is 9.69. The molecule has 3 rings (SSSR count). The molecule has 12 heteroatoms. The van der Waals surface area contributed by atoms with Crippen LogP contribution >= 0.6 is 11.9 Å². The van der Waals surface area contributed by atoms with Crippen LogP contribution in [0.5, 0.6) is 0 Å². The summed E-state index contributed by atoms with van der Waals surface area (Å²) in [5.41, 5.74) is 0. The SMILES string of the molecule is C=O.O=C(CCCCCN(CCCC1OCCCC1O)CCO[C@@H]1OC(CO)CC(O)C1O)NSC1CCCCCCC1. The number of ether oxygens (including phenoxy) is 3. The molecule has 1 saturated carbocycles. The van der Waals surface area contributed by atoms with Gasteiger partial charge in [-0.05, 0) is 76.4 Å². The first-order valence-electron chi connectivity index (χ1n) is 16.5. The number of hydrogen-bond donors (Lipinski definition) is 5. The summed E-state index contributed by atoms with van der Waals surface area (Å²) in [7, 11) is 0. The van der Waals surface area contributed by atoms with Crippen LogP contribution in [0.15, 0.2) is 0 Å². The molecular weight excluding hydrogens is 576 g/mol. The van der Waals surface area contributed by atoms with Crippen molar-refractivity contribution in [1.29, 1.82) is 0 Å². The summed E-state index contributed by atoms with van der Waals surface area (Å²) in [5.74, 6) is 0.128. The first-order valence-corrected chi connectivity index (χ1v) is 17.3. The minimum atomic E-state index is -1.15. The molecule has 0 bridgehead atoms. The zero-order valence-corrected chi connectivity index (χ0v) is 26.8. The lowest BCUT2D eigenvalue weighted by molar-refractivity contribution is -0.271. The maximum absolute atomic E-state index is 12.4. The molecule has 0 spiro atoms. The number of nitrogens with zero attached hydrogens (tertiary/aromatic N) is 1. The van der Waals surface area contributed by atoms with Crippen molar-refractivity contribution in [1.82, 2.24) is 9.62 Å². The van der Waals surface area contributed by atoms with E-state index >= 15 is 0 Å². The number of nitrogens with one attached hydrogen (secondary N) is 1. The largest absolute Gasteiger partial charge is 0.394 e. The fourth-order valence-electron chi connectivity index (χ4n) is 5.96. The molecule has 3 aliphatic rings. The van der Waals surface area contributed by atoms with Gasteiger partial charge in [0.05, 0.1) is 37.6 Å². The van der Waals surface area contributed by atoms with Crippen LogP contribution in [0.2, 0.25) is 0 Å². The summed E-state index contributed by atoms with van der Waals surface area (Å²) >= 11 is 1.63. The first-order chi connectivity index (χ1) is 21.0. The predicted molar refractivity (Wildman–Crippen MR) is 166 cm³/mol. The van der Waals surface area contributed by atoms with Gasteiger partial charge in [-0.3, -0.25) is 9.52 Å². The van der Waals surface area contributed by atoms with Crippen molar-refractivity contribution >= 4 is 24.6 Å². The van der Waals surface area contributed by atoms with Crippen molar-refractivity contribution < 1.29 is 44.2 Å². The number of hydrogen-bond acceptors (Lipinski definition) is 11. The van der Waals surface area contributed by atoms with E-state index < -0.39 is 30.7 Å². The molecule has 2 aliphatic heterocycles. The first kappa shape index (κ1) is 38.4. The number of rotatable bonds is 17. The summed E-state index contributed by atoms with van der Waals surface area (Å²) in [5, 5.41) is 40.5. The molecule has 0 aromatic heterocycles. The fraction of sp³-hybridized carbons (Fsp3) is 0.935. The summed E-state index contributed by atoms with van der Waals surface area (Å²) in [6.07, 6.45) is 11.6. The molecule has 1 amide bonds. The van der Waals surface area contributed by atoms with Crippen LogP contribution in [0.4, 0.5) is 0 Å². The quantitative estimate of drug-likeness (QED) is 0.118. The Labute approximate surface area is 262 Å². The number of amides is 1. The standard InChI is InChI=1S/C30H56N2O8S.CH2O/c33-22-23-21-26(35)29(37)30(40-23)39-20-18-32(17-9-14-27-25(34)13-10-19-38-27)16-8-4-7-15-28(36)31-41-24-11-5-2-1-3-6-12-24;1-2/h23-27,29-30,33-35,37H,1-22H2,(H,31,36);1H2/t23?,25?,26?,27?,29?,30-;/m1./s1. The lowest BCUT2D eigenvalue weighted by Crippen LogP contribution is -2.50. The van der Waals surface area contributed by atoms with E-state index in [1.807, 2.05) is 6.79 Å². The molecule has 5 N–H and O–H groups in total. The predicted octanol–water partition coefficient (Wildman–Crippen LogP) is 2.71. The van der Waals surface area contributed by atoms with Gasteiger partial charge in [-0.25, -0.2) is 0 Å². The highest BCUT2D eigenvalue weighted by atomic mass is 32.2. The van der Waals surface area contributed by atoms with E-state index in [1.54, 1.807) is 11.9 Å². The Morgan fingerprint density at radius 3 is 2.35 bits per heavy atom. The van der Waals surface area contributed by atoms with Crippen LogP contribution in [-0.4, -0.2) is 120 Å². The van der Waals surface area contributed by atoms with Gasteiger partial charge < -0.3 is 44.3 Å². The Hall–Kier alpha value is -0.830. The van der Waals surface area contributed by atoms with E-state index in [-0.39, 0.29) is 25.0 Å². The van der Waals surface area contributed by atoms with Crippen LogP contribution in [-0.2, 0) is 23.8 Å². The minimum absolute atomic E-state index is 0.108. The van der Waals surface area contributed by atoms with Crippen LogP contribution in [0.25, 0.3) is 0 Å². The smallest absolute Gasteiger partial charge is 0.229 e. The second-order valence-corrected chi connectivity index (χ2v) is 13.1. The Morgan fingerprint density at radius 2 is 1.63 bits per heavy atom. The van der Waals surface area contributed by atoms with E-state index in [1.165, 1.54) is 44.9 Å². The highest BCUT2D eigenvalue weighted by Gasteiger charge is 2.37. The highest BCUT2D eigenvalue weighted by molar-refractivity contribution is 7.98. The Morgan fingerprint density at radius 1 is 0.907 bits per heavy atom. The minimum Gasteiger partial charge on any atom is -0.394 e. The molecule has 2 heterocycles. The molecular formula is C31H58N2O9S. The van der Waals surface area contributed by atoms with Gasteiger partial charge in [0, 0.05) is 31.2 Å². The van der Waals surface area contributed by atoms with Gasteiger partial charge in [-0.15, -0.1) is 0 Å². The third kappa shape index (κ3) is 15.8. The van der Waals surface area contributed by atoms with Crippen LogP contribution in [0.1, 0.15) is 103 Å². The molecule has 252 valence electrons. The van der Waals surface area contributed by atoms with Gasteiger partial charge in [-0.1, -0.05) is 38.5 Å². The monoisotopic (exact) mass is 634 g/mol. The molecule has 6 atom stereocenters. The molecule has 43 heavy (non-hydrogen) atoms. The third-order valence-electron chi connectivity index (χ3n) is 8.54. The van der Waals surface area contributed by atoms with Gasteiger partial charge in [0.15, 0.2) is 6.29 Å². The maximum atomic E-state index is 12.4. The van der Waals surface area contributed by atoms with Crippen molar-refractivity contribution in [2.45, 2.75) is 145 Å². The van der Waals surface area contributed by atoms with Crippen molar-refractivity contribution in [3.05, 3.63) is 0 Å². The zero-order valence-electron chi connectivity index (χ0n) is 26.0. The Balaban J connectivity index is 0.00000316. The lowest BCUT2D eigenvalue weighted by atomic mass is 10.0. The second kappa shape index (κ2) is 23.5. The number of aliphatic hydroxyl groups is 4. The zero-order chi connectivity index (χ0) is 31.3. The number of carbonyl (C=O) groups excluding carboxylic acids is 2. The second-order valence-electron chi connectivity index (χ2n) is 12.0. The van der Waals surface area contributed by atoms with Gasteiger partial charge in [0.25, 0.3) is 0 Å². The van der Waals surface area contributed by atoms with Gasteiger partial charge in [0.2, 0.25) is 5.91 Å². The van der Waals surface area contributed by atoms with E-state index in [9.17, 15) is 25.2 Å². The molecule has 5 unspecified atom stereocenters. The maximum Gasteiger partial charge on any atom is 0.229 e. The molecule has 11 nitrogen and oxygen atoms in total. The fourth-order valence-corrected chi connectivity index (χ4v) is 6.92. The van der Waals surface area contributed by atoms with Crippen molar-refractivity contribution in [3.8, 4) is 0 Å². The average molecular weight is 635 g/mol. The lowest BCUT2D eigenvalue weighted by Gasteiger charge is -2.36. The Bertz CT molecular complexity index is 717. The van der Waals surface area contributed by atoms with Crippen molar-refractivity contribution in [2.75, 3.05) is 39.5 Å². The van der Waals surface area contributed by atoms with Gasteiger partial charge in [-0.2, -0.15) is 0 Å². The van der Waals surface area contributed by atoms with Crippen LogP contribution in [0.3, 0.4) is 0 Å². The van der Waals surface area contributed by atoms with Crippen molar-refractivity contribution in [2.24, 2.45) is 0 Å². The topological polar surface area (TPSA) is 158 Å². The Kier molecular flexibility index (Phi) is 21.0. The van der Waals surface area contributed by atoms with Crippen molar-refractivity contribution in [3.63, 3.8) is 0 Å². The molecule has 0 radical (unpaired) electrons. The van der Waals surface area contributed by atoms with Gasteiger partial charge in [0.1, 0.15) is 12.9 Å². The molecule has 3 fully saturated rings. The summed E-state index contributed by atoms with van der Waals surface area (Å²) in [4.78, 5) is 22.7. The number of carbonyl (C=O) groups is 2. The summed E-state index contributed by atoms with van der Waals surface area (Å²) in [6, 6.07) is 0. The average Bonchev–Trinajstić information content (AvgIpc) is 3.00. The van der Waals surface area contributed by atoms with E-state index in [2.05, 4.69) is 9.62 Å². The normalized spacial score (nSPS) is 28.9. The number of unbranched alkanes of at least 4 members (excludes halogenated alkanes) is 2. The summed E-state index contributed by atoms with van der Waals surface area (Å²) in [6.45, 7) is 5.09. The van der Waals surface area contributed by atoms with Gasteiger partial charge >= 0.3 is 0 Å². The molecule has 0 aromatic carbocycles. The molecule has 1 aliphatic carbocycles. The molecule has 2 saturated heterocycles. The number of aliphatic hydroxyl groups excluding tert-OH is 4. The van der Waals surface area contributed by atoms with Crippen LogP contribution in [0, 0.1) is 0 Å². The van der Waals surface area contributed by atoms with Crippen LogP contribution < -0.4 is 4.72 Å².